The average molecular weight is 358 g/mol. The normalized spacial score (nSPS) is 12.0. The van der Waals surface area contributed by atoms with Crippen LogP contribution in [-0.4, -0.2) is 20.3 Å². The van der Waals surface area contributed by atoms with Gasteiger partial charge in [0.2, 0.25) is 0 Å². The van der Waals surface area contributed by atoms with Crippen LogP contribution in [0.5, 0.6) is 0 Å². The second-order valence-corrected chi connectivity index (χ2v) is 5.98. The Hall–Kier alpha value is -3.16. The first kappa shape index (κ1) is 16.3. The lowest BCUT2D eigenvalue weighted by Gasteiger charge is -2.14. The van der Waals surface area contributed by atoms with Crippen LogP contribution >= 0.6 is 0 Å². The maximum absolute atomic E-state index is 13.5. The van der Waals surface area contributed by atoms with Gasteiger partial charge < -0.3 is 4.52 Å². The van der Waals surface area contributed by atoms with Gasteiger partial charge in [0.15, 0.2) is 0 Å². The van der Waals surface area contributed by atoms with E-state index in [1.807, 2.05) is 6.07 Å². The highest BCUT2D eigenvalue weighted by Gasteiger charge is 2.34. The SMILES string of the molecule is Cc1noc(C)c1-c1cc(-c2cnccc2C(F)(F)F)c2[nH]ncc2c1. The standard InChI is InChI=1S/C18H13F3N4O/c1-9-16(10(2)26-25-9)11-5-12-7-23-24-17(12)13(6-11)14-8-22-4-3-15(14)18(19,20)21/h3-8H,1-2H3,(H,23,24). The van der Waals surface area contributed by atoms with Crippen LogP contribution in [0.1, 0.15) is 17.0 Å². The molecule has 0 saturated heterocycles. The third-order valence-electron chi connectivity index (χ3n) is 4.29. The Balaban J connectivity index is 2.05. The van der Waals surface area contributed by atoms with Crippen molar-refractivity contribution in [1.29, 1.82) is 0 Å². The number of aromatic amines is 1. The van der Waals surface area contributed by atoms with Crippen molar-refractivity contribution in [3.05, 3.63) is 53.8 Å². The summed E-state index contributed by atoms with van der Waals surface area (Å²) in [4.78, 5) is 3.89. The minimum atomic E-state index is -4.50. The van der Waals surface area contributed by atoms with Crippen LogP contribution in [0.3, 0.4) is 0 Å². The summed E-state index contributed by atoms with van der Waals surface area (Å²) in [6.45, 7) is 3.55. The first-order valence-corrected chi connectivity index (χ1v) is 7.78. The predicted molar refractivity (Wildman–Crippen MR) is 89.3 cm³/mol. The maximum atomic E-state index is 13.5. The van der Waals surface area contributed by atoms with E-state index in [1.54, 1.807) is 26.1 Å². The highest BCUT2D eigenvalue weighted by Crippen LogP contribution is 2.41. The van der Waals surface area contributed by atoms with Gasteiger partial charge in [-0.1, -0.05) is 5.16 Å². The summed E-state index contributed by atoms with van der Waals surface area (Å²) >= 11 is 0. The Labute approximate surface area is 145 Å². The number of halogens is 3. The zero-order valence-corrected chi connectivity index (χ0v) is 13.8. The molecule has 0 saturated carbocycles. The lowest BCUT2D eigenvalue weighted by molar-refractivity contribution is -0.137. The molecule has 1 aromatic carbocycles. The summed E-state index contributed by atoms with van der Waals surface area (Å²) in [5.41, 5.74) is 2.25. The van der Waals surface area contributed by atoms with Crippen LogP contribution in [0.4, 0.5) is 13.2 Å². The Morgan fingerprint density at radius 2 is 1.88 bits per heavy atom. The van der Waals surface area contributed by atoms with Gasteiger partial charge in [-0.15, -0.1) is 0 Å². The summed E-state index contributed by atoms with van der Waals surface area (Å²) in [5, 5.41) is 11.4. The molecular formula is C18H13F3N4O. The second-order valence-electron chi connectivity index (χ2n) is 5.98. The maximum Gasteiger partial charge on any atom is 0.417 e. The zero-order valence-electron chi connectivity index (χ0n) is 13.8. The molecule has 132 valence electrons. The summed E-state index contributed by atoms with van der Waals surface area (Å²) in [5.74, 6) is 0.596. The molecule has 3 heterocycles. The van der Waals surface area contributed by atoms with Crippen molar-refractivity contribution in [2.45, 2.75) is 20.0 Å². The molecule has 8 heteroatoms. The topological polar surface area (TPSA) is 67.6 Å². The smallest absolute Gasteiger partial charge is 0.361 e. The van der Waals surface area contributed by atoms with Gasteiger partial charge in [0.25, 0.3) is 0 Å². The molecule has 5 nitrogen and oxygen atoms in total. The molecule has 4 rings (SSSR count). The van der Waals surface area contributed by atoms with Crippen molar-refractivity contribution in [2.24, 2.45) is 0 Å². The van der Waals surface area contributed by atoms with Gasteiger partial charge in [-0.2, -0.15) is 18.3 Å². The number of aryl methyl sites for hydroxylation is 2. The van der Waals surface area contributed by atoms with Crippen LogP contribution in [0.25, 0.3) is 33.2 Å². The van der Waals surface area contributed by atoms with E-state index in [9.17, 15) is 13.2 Å². The molecule has 0 atom stereocenters. The third kappa shape index (κ3) is 2.54. The number of hydrogen-bond acceptors (Lipinski definition) is 4. The number of pyridine rings is 1. The molecule has 0 spiro atoms. The fraction of sp³-hybridized carbons (Fsp3) is 0.167. The molecule has 1 N–H and O–H groups in total. The van der Waals surface area contributed by atoms with Crippen LogP contribution in [0, 0.1) is 13.8 Å². The molecule has 3 aromatic heterocycles. The zero-order chi connectivity index (χ0) is 18.5. The predicted octanol–water partition coefficient (Wildman–Crippen LogP) is 4.92. The molecule has 0 bridgehead atoms. The van der Waals surface area contributed by atoms with Crippen molar-refractivity contribution in [1.82, 2.24) is 20.3 Å². The Kier molecular flexibility index (Phi) is 3.57. The van der Waals surface area contributed by atoms with Crippen molar-refractivity contribution in [2.75, 3.05) is 0 Å². The molecule has 26 heavy (non-hydrogen) atoms. The lowest BCUT2D eigenvalue weighted by atomic mass is 9.94. The fourth-order valence-corrected chi connectivity index (χ4v) is 3.17. The molecule has 0 aliphatic heterocycles. The molecule has 0 amide bonds. The highest BCUT2D eigenvalue weighted by atomic mass is 19.4. The van der Waals surface area contributed by atoms with Crippen LogP contribution in [0.2, 0.25) is 0 Å². The monoisotopic (exact) mass is 358 g/mol. The van der Waals surface area contributed by atoms with E-state index in [2.05, 4.69) is 20.3 Å². The van der Waals surface area contributed by atoms with Gasteiger partial charge in [0, 0.05) is 34.5 Å². The van der Waals surface area contributed by atoms with Gasteiger partial charge in [0.05, 0.1) is 23.0 Å². The molecule has 0 aliphatic rings. The van der Waals surface area contributed by atoms with Gasteiger partial charge in [-0.05, 0) is 37.6 Å². The van der Waals surface area contributed by atoms with Crippen molar-refractivity contribution in [3.63, 3.8) is 0 Å². The highest BCUT2D eigenvalue weighted by molar-refractivity contribution is 5.98. The summed E-state index contributed by atoms with van der Waals surface area (Å²) < 4.78 is 45.7. The van der Waals surface area contributed by atoms with E-state index in [1.165, 1.54) is 6.20 Å². The Morgan fingerprint density at radius 1 is 1.08 bits per heavy atom. The number of nitrogens with one attached hydrogen (secondary N) is 1. The summed E-state index contributed by atoms with van der Waals surface area (Å²) in [6.07, 6.45) is -0.571. The summed E-state index contributed by atoms with van der Waals surface area (Å²) in [7, 11) is 0. The molecule has 4 aromatic rings. The van der Waals surface area contributed by atoms with Gasteiger partial charge in [-0.3, -0.25) is 10.1 Å². The average Bonchev–Trinajstić information content (AvgIpc) is 3.19. The van der Waals surface area contributed by atoms with Crippen molar-refractivity contribution >= 4 is 10.9 Å². The van der Waals surface area contributed by atoms with Gasteiger partial charge >= 0.3 is 6.18 Å². The number of hydrogen-bond donors (Lipinski definition) is 1. The van der Waals surface area contributed by atoms with E-state index in [-0.39, 0.29) is 5.56 Å². The Bertz CT molecular complexity index is 1090. The van der Waals surface area contributed by atoms with E-state index in [0.717, 1.165) is 17.8 Å². The largest absolute Gasteiger partial charge is 0.417 e. The van der Waals surface area contributed by atoms with Crippen molar-refractivity contribution < 1.29 is 17.7 Å². The van der Waals surface area contributed by atoms with Crippen molar-refractivity contribution in [3.8, 4) is 22.3 Å². The number of aromatic nitrogens is 4. The van der Waals surface area contributed by atoms with Crippen LogP contribution in [0.15, 0.2) is 41.3 Å². The lowest BCUT2D eigenvalue weighted by Crippen LogP contribution is -2.07. The number of nitrogens with zero attached hydrogens (tertiary/aromatic N) is 3. The van der Waals surface area contributed by atoms with Crippen LogP contribution < -0.4 is 0 Å². The number of alkyl halides is 3. The number of rotatable bonds is 2. The quantitative estimate of drug-likeness (QED) is 0.552. The number of H-pyrrole nitrogens is 1. The van der Waals surface area contributed by atoms with E-state index >= 15 is 0 Å². The third-order valence-corrected chi connectivity index (χ3v) is 4.29. The molecular weight excluding hydrogens is 345 g/mol. The van der Waals surface area contributed by atoms with E-state index in [4.69, 9.17) is 4.52 Å². The number of fused-ring (bicyclic) bond motifs is 1. The van der Waals surface area contributed by atoms with Crippen LogP contribution in [-0.2, 0) is 6.18 Å². The first-order chi connectivity index (χ1) is 12.4. The molecule has 0 unspecified atom stereocenters. The van der Waals surface area contributed by atoms with E-state index < -0.39 is 11.7 Å². The summed E-state index contributed by atoms with van der Waals surface area (Å²) in [6, 6.07) is 4.50. The first-order valence-electron chi connectivity index (χ1n) is 7.78. The number of benzene rings is 1. The minimum Gasteiger partial charge on any atom is -0.361 e. The Morgan fingerprint density at radius 3 is 2.58 bits per heavy atom. The second kappa shape index (κ2) is 5.69. The fourth-order valence-electron chi connectivity index (χ4n) is 3.17. The minimum absolute atomic E-state index is 0.0112. The van der Waals surface area contributed by atoms with Gasteiger partial charge in [0.1, 0.15) is 5.76 Å². The molecule has 0 aliphatic carbocycles. The van der Waals surface area contributed by atoms with E-state index in [0.29, 0.717) is 33.5 Å². The molecule has 0 fully saturated rings. The molecule has 0 radical (unpaired) electrons. The van der Waals surface area contributed by atoms with Gasteiger partial charge in [-0.25, -0.2) is 0 Å².